The maximum atomic E-state index is 13.8. The predicted octanol–water partition coefficient (Wildman–Crippen LogP) is 1.81. The van der Waals surface area contributed by atoms with Crippen molar-refractivity contribution in [2.45, 2.75) is 57.3 Å². The summed E-state index contributed by atoms with van der Waals surface area (Å²) in [6.45, 7) is 4.35. The summed E-state index contributed by atoms with van der Waals surface area (Å²) in [5.41, 5.74) is 0.921. The molecule has 1 aromatic carbocycles. The van der Waals surface area contributed by atoms with Crippen LogP contribution >= 0.6 is 0 Å². The van der Waals surface area contributed by atoms with Gasteiger partial charge < -0.3 is 25.2 Å². The van der Waals surface area contributed by atoms with Gasteiger partial charge in [-0.1, -0.05) is 12.1 Å². The number of nitrogens with one attached hydrogen (secondary N) is 2. The van der Waals surface area contributed by atoms with Crippen LogP contribution in [-0.2, 0) is 20.7 Å². The van der Waals surface area contributed by atoms with Crippen molar-refractivity contribution >= 4 is 23.5 Å². The molecule has 2 N–H and O–H groups in total. The third kappa shape index (κ3) is 7.26. The lowest BCUT2D eigenvalue weighted by Gasteiger charge is -2.34. The van der Waals surface area contributed by atoms with Crippen LogP contribution < -0.4 is 10.6 Å². The van der Waals surface area contributed by atoms with E-state index in [4.69, 9.17) is 4.74 Å². The van der Waals surface area contributed by atoms with Crippen molar-refractivity contribution in [2.24, 2.45) is 0 Å². The molecule has 0 bridgehead atoms. The van der Waals surface area contributed by atoms with Gasteiger partial charge in [0.1, 0.15) is 17.6 Å². The van der Waals surface area contributed by atoms with Gasteiger partial charge >= 0.3 is 0 Å². The second-order valence-corrected chi connectivity index (χ2v) is 10.5. The number of likely N-dealkylation sites (tertiary alicyclic amines) is 1. The molecule has 3 aromatic rings. The zero-order chi connectivity index (χ0) is 30.4. The zero-order valence-corrected chi connectivity index (χ0v) is 24.2. The SMILES string of the molecule is CN[C@@H](C)C(=O)N[C@H](C(=O)N1CCC[C@H]1CN(CCc1ccc(F)cc1)C(=O)c1cn2cc(F)cnc2n1)[C@@H](C)OC. The molecule has 1 aliphatic rings. The monoisotopic (exact) mass is 585 g/mol. The van der Waals surface area contributed by atoms with E-state index in [1.54, 1.807) is 42.8 Å². The molecule has 0 unspecified atom stereocenters. The number of methoxy groups -OCH3 is 1. The van der Waals surface area contributed by atoms with Crippen molar-refractivity contribution in [1.82, 2.24) is 34.8 Å². The van der Waals surface area contributed by atoms with Crippen LogP contribution in [-0.4, -0.2) is 99.9 Å². The van der Waals surface area contributed by atoms with Crippen LogP contribution in [0.3, 0.4) is 0 Å². The summed E-state index contributed by atoms with van der Waals surface area (Å²) in [6, 6.07) is 4.29. The summed E-state index contributed by atoms with van der Waals surface area (Å²) in [7, 11) is 3.13. The quantitative estimate of drug-likeness (QED) is 0.333. The number of halogens is 2. The Kier molecular flexibility index (Phi) is 10.2. The minimum atomic E-state index is -0.915. The number of hydrogen-bond acceptors (Lipinski definition) is 7. The highest BCUT2D eigenvalue weighted by Gasteiger charge is 2.38. The molecule has 0 spiro atoms. The van der Waals surface area contributed by atoms with Gasteiger partial charge in [0, 0.05) is 45.2 Å². The number of ether oxygens (including phenoxy) is 1. The lowest BCUT2D eigenvalue weighted by atomic mass is 10.1. The van der Waals surface area contributed by atoms with Crippen molar-refractivity contribution < 1.29 is 27.9 Å². The molecule has 0 aliphatic carbocycles. The van der Waals surface area contributed by atoms with Gasteiger partial charge in [-0.15, -0.1) is 0 Å². The molecule has 226 valence electrons. The van der Waals surface area contributed by atoms with Crippen LogP contribution in [0.25, 0.3) is 5.78 Å². The largest absolute Gasteiger partial charge is 0.379 e. The Balaban J connectivity index is 1.57. The maximum Gasteiger partial charge on any atom is 0.274 e. The predicted molar refractivity (Wildman–Crippen MR) is 151 cm³/mol. The molecule has 42 heavy (non-hydrogen) atoms. The van der Waals surface area contributed by atoms with E-state index in [-0.39, 0.29) is 48.2 Å². The highest BCUT2D eigenvalue weighted by Crippen LogP contribution is 2.22. The molecule has 2 aromatic heterocycles. The fourth-order valence-electron chi connectivity index (χ4n) is 4.99. The van der Waals surface area contributed by atoms with Crippen LogP contribution in [0.15, 0.2) is 42.9 Å². The molecule has 1 saturated heterocycles. The van der Waals surface area contributed by atoms with E-state index in [0.29, 0.717) is 19.4 Å². The molecule has 4 rings (SSSR count). The standard InChI is InChI=1S/C29H37F2N7O4/c1-18(32-3)26(39)35-25(19(2)42-4)28(41)38-12-5-6-23(38)16-36(13-11-20-7-9-21(30)10-8-20)27(40)24-17-37-15-22(31)14-33-29(37)34-24/h7-10,14-15,17-19,23,25,32H,5-6,11-13,16H2,1-4H3,(H,35,39)/t18-,19+,23-,25-/m0/s1. The van der Waals surface area contributed by atoms with E-state index in [2.05, 4.69) is 20.6 Å². The van der Waals surface area contributed by atoms with Gasteiger partial charge in [-0.2, -0.15) is 0 Å². The van der Waals surface area contributed by atoms with Crippen LogP contribution in [0.1, 0.15) is 42.7 Å². The molecule has 3 amide bonds. The summed E-state index contributed by atoms with van der Waals surface area (Å²) >= 11 is 0. The molecular formula is C29H37F2N7O4. The first kappa shape index (κ1) is 31.0. The molecule has 13 heteroatoms. The molecule has 0 saturated carbocycles. The summed E-state index contributed by atoms with van der Waals surface area (Å²) in [5.74, 6) is -1.76. The average Bonchev–Trinajstić information content (AvgIpc) is 3.63. The first-order valence-electron chi connectivity index (χ1n) is 14.0. The van der Waals surface area contributed by atoms with Crippen LogP contribution in [0, 0.1) is 11.6 Å². The highest BCUT2D eigenvalue weighted by molar-refractivity contribution is 5.93. The maximum absolute atomic E-state index is 13.8. The second kappa shape index (κ2) is 13.8. The van der Waals surface area contributed by atoms with Crippen LogP contribution in [0.5, 0.6) is 0 Å². The van der Waals surface area contributed by atoms with Gasteiger partial charge in [0.25, 0.3) is 5.91 Å². The molecule has 11 nitrogen and oxygen atoms in total. The van der Waals surface area contributed by atoms with E-state index in [1.807, 2.05) is 0 Å². The third-order valence-electron chi connectivity index (χ3n) is 7.69. The fraction of sp³-hybridized carbons (Fsp3) is 0.483. The number of imidazole rings is 1. The first-order chi connectivity index (χ1) is 20.1. The number of carbonyl (C=O) groups excluding carboxylic acids is 3. The second-order valence-electron chi connectivity index (χ2n) is 10.5. The Morgan fingerprint density at radius 2 is 1.88 bits per heavy atom. The van der Waals surface area contributed by atoms with Gasteiger partial charge in [0.15, 0.2) is 5.82 Å². The minimum Gasteiger partial charge on any atom is -0.379 e. The number of hydrogen-bond donors (Lipinski definition) is 2. The molecule has 1 fully saturated rings. The topological polar surface area (TPSA) is 121 Å². The van der Waals surface area contributed by atoms with E-state index in [9.17, 15) is 23.2 Å². The molecule has 3 heterocycles. The Hall–Kier alpha value is -3.97. The summed E-state index contributed by atoms with van der Waals surface area (Å²) < 4.78 is 34.0. The molecule has 1 aliphatic heterocycles. The lowest BCUT2D eigenvalue weighted by Crippen LogP contribution is -2.58. The number of rotatable bonds is 12. The molecular weight excluding hydrogens is 548 g/mol. The zero-order valence-electron chi connectivity index (χ0n) is 24.2. The summed E-state index contributed by atoms with van der Waals surface area (Å²) in [6.07, 6.45) is 4.86. The number of likely N-dealkylation sites (N-methyl/N-ethyl adjacent to an activating group) is 1. The Labute approximate surface area is 243 Å². The lowest BCUT2D eigenvalue weighted by molar-refractivity contribution is -0.141. The van der Waals surface area contributed by atoms with Crippen molar-refractivity contribution in [3.05, 3.63) is 65.7 Å². The molecule has 0 radical (unpaired) electrons. The third-order valence-corrected chi connectivity index (χ3v) is 7.69. The van der Waals surface area contributed by atoms with Crippen molar-refractivity contribution in [2.75, 3.05) is 33.8 Å². The van der Waals surface area contributed by atoms with E-state index in [1.165, 1.54) is 36.0 Å². The minimum absolute atomic E-state index is 0.0854. The van der Waals surface area contributed by atoms with E-state index >= 15 is 0 Å². The number of aromatic nitrogens is 3. The number of fused-ring (bicyclic) bond motifs is 1. The number of amides is 3. The number of nitrogens with zero attached hydrogens (tertiary/aromatic N) is 5. The van der Waals surface area contributed by atoms with Gasteiger partial charge in [-0.25, -0.2) is 18.7 Å². The summed E-state index contributed by atoms with van der Waals surface area (Å²) in [5, 5.41) is 5.68. The number of carbonyl (C=O) groups is 3. The molecule has 4 atom stereocenters. The smallest absolute Gasteiger partial charge is 0.274 e. The van der Waals surface area contributed by atoms with Crippen molar-refractivity contribution in [3.63, 3.8) is 0 Å². The van der Waals surface area contributed by atoms with Crippen LogP contribution in [0.4, 0.5) is 8.78 Å². The van der Waals surface area contributed by atoms with Gasteiger partial charge in [-0.05, 0) is 57.9 Å². The Morgan fingerprint density at radius 3 is 2.57 bits per heavy atom. The van der Waals surface area contributed by atoms with Gasteiger partial charge in [-0.3, -0.25) is 18.8 Å². The highest BCUT2D eigenvalue weighted by atomic mass is 19.1. The van der Waals surface area contributed by atoms with E-state index in [0.717, 1.165) is 18.2 Å². The normalized spacial score (nSPS) is 17.2. The summed E-state index contributed by atoms with van der Waals surface area (Å²) in [4.78, 5) is 51.7. The Bertz CT molecular complexity index is 1400. The first-order valence-corrected chi connectivity index (χ1v) is 14.0. The fourth-order valence-corrected chi connectivity index (χ4v) is 4.99. The van der Waals surface area contributed by atoms with Gasteiger partial charge in [0.2, 0.25) is 17.6 Å². The van der Waals surface area contributed by atoms with Crippen molar-refractivity contribution in [1.29, 1.82) is 0 Å². The van der Waals surface area contributed by atoms with Gasteiger partial charge in [0.05, 0.1) is 18.3 Å². The average molecular weight is 586 g/mol. The van der Waals surface area contributed by atoms with E-state index < -0.39 is 29.9 Å². The van der Waals surface area contributed by atoms with Crippen LogP contribution in [0.2, 0.25) is 0 Å². The number of benzene rings is 1. The van der Waals surface area contributed by atoms with Crippen molar-refractivity contribution in [3.8, 4) is 0 Å². The Morgan fingerprint density at radius 1 is 1.14 bits per heavy atom.